The minimum atomic E-state index is -4.26. The average molecular weight is 454 g/mol. The summed E-state index contributed by atoms with van der Waals surface area (Å²) in [6.45, 7) is 1.69. The summed E-state index contributed by atoms with van der Waals surface area (Å²) < 4.78 is 54.9. The molecule has 0 spiro atoms. The fourth-order valence-corrected chi connectivity index (χ4v) is 3.43. The molecular formula is C22H26F4N4O2. The summed E-state index contributed by atoms with van der Waals surface area (Å²) in [6.07, 6.45) is -2.53. The minimum absolute atomic E-state index is 0.0347. The van der Waals surface area contributed by atoms with Crippen molar-refractivity contribution in [1.29, 1.82) is 0 Å². The average Bonchev–Trinajstić information content (AvgIpc) is 2.78. The van der Waals surface area contributed by atoms with Crippen molar-refractivity contribution in [3.05, 3.63) is 59.7 Å². The van der Waals surface area contributed by atoms with Gasteiger partial charge in [-0.15, -0.1) is 0 Å². The van der Waals surface area contributed by atoms with Gasteiger partial charge in [0.2, 0.25) is 0 Å². The largest absolute Gasteiger partial charge is 0.493 e. The molecule has 0 atom stereocenters. The summed E-state index contributed by atoms with van der Waals surface area (Å²) in [5.41, 5.74) is 1.38. The zero-order valence-corrected chi connectivity index (χ0v) is 17.5. The molecule has 10 heteroatoms. The number of piperidine rings is 1. The molecule has 0 bridgehead atoms. The van der Waals surface area contributed by atoms with Gasteiger partial charge in [0, 0.05) is 12.6 Å². The van der Waals surface area contributed by atoms with Crippen LogP contribution in [0.4, 0.5) is 22.4 Å². The van der Waals surface area contributed by atoms with Crippen molar-refractivity contribution in [3.63, 3.8) is 0 Å². The Morgan fingerprint density at radius 2 is 1.88 bits per heavy atom. The van der Waals surface area contributed by atoms with Gasteiger partial charge in [0.1, 0.15) is 11.6 Å². The van der Waals surface area contributed by atoms with Crippen LogP contribution in [0.5, 0.6) is 5.75 Å². The number of alkyl halides is 3. The van der Waals surface area contributed by atoms with Crippen LogP contribution >= 0.6 is 0 Å². The first kappa shape index (κ1) is 23.8. The van der Waals surface area contributed by atoms with E-state index in [-0.39, 0.29) is 25.2 Å². The number of nitrogens with zero attached hydrogens (tertiary/aromatic N) is 2. The van der Waals surface area contributed by atoms with Crippen molar-refractivity contribution in [2.45, 2.75) is 44.6 Å². The van der Waals surface area contributed by atoms with Crippen LogP contribution in [0.25, 0.3) is 0 Å². The number of amides is 2. The van der Waals surface area contributed by atoms with Crippen molar-refractivity contribution in [3.8, 4) is 5.75 Å². The summed E-state index contributed by atoms with van der Waals surface area (Å²) in [7, 11) is 0. The van der Waals surface area contributed by atoms with Crippen LogP contribution in [0.15, 0.2) is 42.6 Å². The van der Waals surface area contributed by atoms with Crippen LogP contribution in [-0.4, -0.2) is 47.8 Å². The van der Waals surface area contributed by atoms with E-state index in [0.29, 0.717) is 11.4 Å². The molecule has 2 heterocycles. The topological polar surface area (TPSA) is 66.5 Å². The highest BCUT2D eigenvalue weighted by atomic mass is 19.4. The highest BCUT2D eigenvalue weighted by Gasteiger charge is 2.27. The zero-order valence-electron chi connectivity index (χ0n) is 17.5. The van der Waals surface area contributed by atoms with Gasteiger partial charge in [-0.05, 0) is 55.8 Å². The smallest absolute Gasteiger partial charge is 0.392 e. The lowest BCUT2D eigenvalue weighted by Crippen LogP contribution is -2.49. The monoisotopic (exact) mass is 454 g/mol. The Balaban J connectivity index is 1.56. The normalized spacial score (nSPS) is 14.8. The first-order chi connectivity index (χ1) is 15.3. The van der Waals surface area contributed by atoms with Crippen LogP contribution in [0, 0.1) is 5.82 Å². The number of benzene rings is 1. The van der Waals surface area contributed by atoms with E-state index in [4.69, 9.17) is 4.74 Å². The van der Waals surface area contributed by atoms with Crippen molar-refractivity contribution >= 4 is 6.03 Å². The van der Waals surface area contributed by atoms with Gasteiger partial charge in [0.05, 0.1) is 31.5 Å². The molecule has 2 amide bonds. The molecule has 174 valence electrons. The quantitative estimate of drug-likeness (QED) is 0.592. The molecule has 3 rings (SSSR count). The molecule has 0 aliphatic carbocycles. The van der Waals surface area contributed by atoms with Gasteiger partial charge in [-0.25, -0.2) is 9.18 Å². The van der Waals surface area contributed by atoms with Crippen LogP contribution in [0.1, 0.15) is 30.5 Å². The molecule has 1 aliphatic rings. The predicted octanol–water partition coefficient (Wildman–Crippen LogP) is 4.02. The molecule has 1 saturated heterocycles. The van der Waals surface area contributed by atoms with E-state index in [9.17, 15) is 22.4 Å². The first-order valence-electron chi connectivity index (χ1n) is 10.4. The van der Waals surface area contributed by atoms with Crippen LogP contribution < -0.4 is 15.4 Å². The molecule has 32 heavy (non-hydrogen) atoms. The Labute approximate surface area is 184 Å². The third-order valence-electron chi connectivity index (χ3n) is 5.15. The molecular weight excluding hydrogens is 428 g/mol. The highest BCUT2D eigenvalue weighted by molar-refractivity contribution is 5.74. The number of hydrogen-bond acceptors (Lipinski definition) is 4. The third kappa shape index (κ3) is 7.67. The van der Waals surface area contributed by atoms with Gasteiger partial charge in [0.25, 0.3) is 0 Å². The van der Waals surface area contributed by atoms with E-state index in [1.807, 2.05) is 0 Å². The van der Waals surface area contributed by atoms with Crippen LogP contribution in [0.3, 0.4) is 0 Å². The second-order valence-electron chi connectivity index (χ2n) is 7.59. The summed E-state index contributed by atoms with van der Waals surface area (Å²) in [5.74, 6) is -0.0968. The van der Waals surface area contributed by atoms with E-state index in [0.717, 1.165) is 37.7 Å². The van der Waals surface area contributed by atoms with Crippen LogP contribution in [0.2, 0.25) is 0 Å². The molecule has 1 aliphatic heterocycles. The second-order valence-corrected chi connectivity index (χ2v) is 7.59. The third-order valence-corrected chi connectivity index (χ3v) is 5.15. The molecule has 2 aromatic rings. The molecule has 0 saturated carbocycles. The number of ether oxygens (including phenoxy) is 1. The zero-order chi connectivity index (χ0) is 23.0. The van der Waals surface area contributed by atoms with Gasteiger partial charge in [0.15, 0.2) is 0 Å². The first-order valence-corrected chi connectivity index (χ1v) is 10.4. The lowest BCUT2D eigenvalue weighted by atomic mass is 10.0. The number of aromatic nitrogens is 1. The van der Waals surface area contributed by atoms with Gasteiger partial charge < -0.3 is 20.3 Å². The van der Waals surface area contributed by atoms with Gasteiger partial charge in [-0.3, -0.25) is 4.98 Å². The number of urea groups is 1. The minimum Gasteiger partial charge on any atom is -0.493 e. The maximum Gasteiger partial charge on any atom is 0.392 e. The maximum absolute atomic E-state index is 13.2. The number of carbonyl (C=O) groups excluding carboxylic acids is 1. The van der Waals surface area contributed by atoms with E-state index in [1.165, 1.54) is 6.07 Å². The highest BCUT2D eigenvalue weighted by Crippen LogP contribution is 2.21. The number of pyridine rings is 1. The van der Waals surface area contributed by atoms with Gasteiger partial charge >= 0.3 is 12.2 Å². The van der Waals surface area contributed by atoms with Gasteiger partial charge in [-0.2, -0.15) is 13.2 Å². The summed E-state index contributed by atoms with van der Waals surface area (Å²) >= 11 is 0. The molecule has 6 nitrogen and oxygen atoms in total. The van der Waals surface area contributed by atoms with Crippen LogP contribution in [-0.2, 0) is 13.1 Å². The van der Waals surface area contributed by atoms with Crippen molar-refractivity contribution in [1.82, 2.24) is 20.5 Å². The van der Waals surface area contributed by atoms with E-state index >= 15 is 0 Å². The Hall–Kier alpha value is -2.88. The van der Waals surface area contributed by atoms with Crippen molar-refractivity contribution < 1.29 is 27.1 Å². The molecule has 0 unspecified atom stereocenters. The number of carbonyl (C=O) groups is 1. The van der Waals surface area contributed by atoms with E-state index in [1.54, 1.807) is 35.2 Å². The number of rotatable bonds is 8. The number of hydrogen-bond donors (Lipinski definition) is 2. The summed E-state index contributed by atoms with van der Waals surface area (Å²) in [6, 6.07) is 9.20. The Morgan fingerprint density at radius 1 is 1.16 bits per heavy atom. The Kier molecular flexibility index (Phi) is 8.26. The van der Waals surface area contributed by atoms with E-state index < -0.39 is 25.0 Å². The lowest BCUT2D eigenvalue weighted by Gasteiger charge is -2.34. The lowest BCUT2D eigenvalue weighted by molar-refractivity contribution is -0.139. The molecule has 2 N–H and O–H groups in total. The standard InChI is InChI=1S/C22H26F4N4O2/c23-17-3-4-18(28-14-17)15-30(19-7-10-27-11-8-19)21(31)29-13-16-1-5-20(6-2-16)32-12-9-22(24,25)26/h1-6,14,19,27H,7-13,15H2,(H,29,31). The molecule has 0 radical (unpaired) electrons. The summed E-state index contributed by atoms with van der Waals surface area (Å²) in [5, 5.41) is 6.15. The van der Waals surface area contributed by atoms with E-state index in [2.05, 4.69) is 15.6 Å². The fourth-order valence-electron chi connectivity index (χ4n) is 3.43. The Bertz CT molecular complexity index is 854. The van der Waals surface area contributed by atoms with Crippen molar-refractivity contribution in [2.75, 3.05) is 19.7 Å². The number of halogens is 4. The van der Waals surface area contributed by atoms with Crippen molar-refractivity contribution in [2.24, 2.45) is 0 Å². The molecule has 1 fully saturated rings. The SMILES string of the molecule is O=C(NCc1ccc(OCCC(F)(F)F)cc1)N(Cc1ccc(F)cn1)C1CCNCC1. The second kappa shape index (κ2) is 11.1. The Morgan fingerprint density at radius 3 is 2.50 bits per heavy atom. The molecule has 1 aromatic heterocycles. The predicted molar refractivity (Wildman–Crippen MR) is 110 cm³/mol. The summed E-state index contributed by atoms with van der Waals surface area (Å²) in [4.78, 5) is 18.7. The number of nitrogens with one attached hydrogen (secondary N) is 2. The fraction of sp³-hybridized carbons (Fsp3) is 0.455. The van der Waals surface area contributed by atoms with Gasteiger partial charge in [-0.1, -0.05) is 12.1 Å². The maximum atomic E-state index is 13.2. The molecule has 1 aromatic carbocycles.